The number of anilines is 1. The van der Waals surface area contributed by atoms with Gasteiger partial charge in [-0.2, -0.15) is 0 Å². The molecule has 0 aliphatic carbocycles. The van der Waals surface area contributed by atoms with Gasteiger partial charge in [-0.15, -0.1) is 0 Å². The van der Waals surface area contributed by atoms with Crippen molar-refractivity contribution in [1.29, 1.82) is 0 Å². The number of amides is 1. The van der Waals surface area contributed by atoms with E-state index in [4.69, 9.17) is 9.26 Å². The Labute approximate surface area is 183 Å². The third kappa shape index (κ3) is 4.34. The molecule has 7 heteroatoms. The summed E-state index contributed by atoms with van der Waals surface area (Å²) in [5.74, 6) is 1.60. The number of benzene rings is 1. The summed E-state index contributed by atoms with van der Waals surface area (Å²) >= 11 is 0. The summed E-state index contributed by atoms with van der Waals surface area (Å²) < 4.78 is 11.2. The zero-order valence-electron chi connectivity index (χ0n) is 18.1. The second-order valence-electron chi connectivity index (χ2n) is 8.89. The van der Waals surface area contributed by atoms with Gasteiger partial charge in [0.2, 0.25) is 0 Å². The lowest BCUT2D eigenvalue weighted by molar-refractivity contribution is 0.0575. The van der Waals surface area contributed by atoms with Gasteiger partial charge in [0.05, 0.1) is 13.2 Å². The molecule has 0 bridgehead atoms. The summed E-state index contributed by atoms with van der Waals surface area (Å²) in [4.78, 5) is 18.2. The first kappa shape index (κ1) is 20.5. The van der Waals surface area contributed by atoms with E-state index in [1.807, 2.05) is 30.3 Å². The molecule has 3 aliphatic rings. The third-order valence-corrected chi connectivity index (χ3v) is 7.00. The summed E-state index contributed by atoms with van der Waals surface area (Å²) in [5.41, 5.74) is 1.42. The molecule has 1 aromatic carbocycles. The van der Waals surface area contributed by atoms with Gasteiger partial charge >= 0.3 is 0 Å². The van der Waals surface area contributed by atoms with Gasteiger partial charge in [0.1, 0.15) is 5.56 Å². The largest absolute Gasteiger partial charge is 0.378 e. The number of piperidine rings is 2. The molecule has 3 saturated heterocycles. The number of carbonyl (C=O) groups excluding carboxylic acids is 1. The average Bonchev–Trinajstić information content (AvgIpc) is 3.29. The van der Waals surface area contributed by atoms with Crippen LogP contribution >= 0.6 is 0 Å². The van der Waals surface area contributed by atoms with E-state index in [1.165, 1.54) is 45.2 Å². The average molecular weight is 425 g/mol. The first-order chi connectivity index (χ1) is 15.3. The first-order valence-corrected chi connectivity index (χ1v) is 11.7. The maximum atomic E-state index is 13.5. The van der Waals surface area contributed by atoms with Crippen LogP contribution < -0.4 is 10.2 Å². The van der Waals surface area contributed by atoms with Crippen molar-refractivity contribution in [2.24, 2.45) is 5.92 Å². The summed E-state index contributed by atoms with van der Waals surface area (Å²) in [7, 11) is 0. The smallest absolute Gasteiger partial charge is 0.259 e. The van der Waals surface area contributed by atoms with E-state index in [0.717, 1.165) is 5.56 Å². The number of rotatable bonds is 5. The Morgan fingerprint density at radius 2 is 1.84 bits per heavy atom. The predicted molar refractivity (Wildman–Crippen MR) is 119 cm³/mol. The van der Waals surface area contributed by atoms with Crippen LogP contribution in [-0.4, -0.2) is 67.9 Å². The van der Waals surface area contributed by atoms with E-state index in [-0.39, 0.29) is 5.91 Å². The van der Waals surface area contributed by atoms with Crippen LogP contribution in [0.15, 0.2) is 34.9 Å². The minimum atomic E-state index is -0.0884. The van der Waals surface area contributed by atoms with Gasteiger partial charge in [-0.1, -0.05) is 41.9 Å². The van der Waals surface area contributed by atoms with Gasteiger partial charge in [0.25, 0.3) is 5.91 Å². The van der Waals surface area contributed by atoms with Crippen LogP contribution in [0.25, 0.3) is 11.3 Å². The molecule has 1 N–H and O–H groups in total. The van der Waals surface area contributed by atoms with Crippen molar-refractivity contribution in [3.8, 4) is 11.3 Å². The monoisotopic (exact) mass is 424 g/mol. The molecule has 3 fully saturated rings. The van der Waals surface area contributed by atoms with Crippen LogP contribution in [-0.2, 0) is 4.74 Å². The van der Waals surface area contributed by atoms with E-state index in [9.17, 15) is 4.79 Å². The Morgan fingerprint density at radius 3 is 2.68 bits per heavy atom. The molecule has 0 spiro atoms. The number of fused-ring (bicyclic) bond motifs is 1. The van der Waals surface area contributed by atoms with E-state index in [1.54, 1.807) is 0 Å². The summed E-state index contributed by atoms with van der Waals surface area (Å²) in [6.45, 7) is 5.81. The van der Waals surface area contributed by atoms with Crippen LogP contribution in [0.4, 0.5) is 5.82 Å². The maximum absolute atomic E-state index is 13.5. The number of aromatic nitrogens is 1. The van der Waals surface area contributed by atoms with E-state index in [0.29, 0.717) is 61.9 Å². The quantitative estimate of drug-likeness (QED) is 0.795. The molecular formula is C24H32N4O3. The molecule has 2 atom stereocenters. The summed E-state index contributed by atoms with van der Waals surface area (Å²) in [5, 5.41) is 7.58. The fraction of sp³-hybridized carbons (Fsp3) is 0.583. The van der Waals surface area contributed by atoms with Crippen molar-refractivity contribution in [2.75, 3.05) is 50.8 Å². The van der Waals surface area contributed by atoms with Crippen LogP contribution in [0.5, 0.6) is 0 Å². The lowest BCUT2D eigenvalue weighted by Gasteiger charge is -2.44. The van der Waals surface area contributed by atoms with Crippen molar-refractivity contribution < 1.29 is 14.1 Å². The lowest BCUT2D eigenvalue weighted by Crippen LogP contribution is -2.51. The van der Waals surface area contributed by atoms with E-state index < -0.39 is 0 Å². The molecule has 0 saturated carbocycles. The standard InChI is InChI=1S/C24H32N4O3/c29-24(25-17-19-9-6-12-27-11-5-4-10-20(19)27)21-22(18-7-2-1-3-8-18)31-26-23(21)28-13-15-30-16-14-28/h1-3,7-8,19-20H,4-6,9-17H2,(H,25,29)/t19-,20+/m0/s1. The van der Waals surface area contributed by atoms with Crippen molar-refractivity contribution in [3.05, 3.63) is 35.9 Å². The second-order valence-corrected chi connectivity index (χ2v) is 8.89. The Bertz CT molecular complexity index is 876. The molecule has 166 valence electrons. The molecule has 7 nitrogen and oxygen atoms in total. The van der Waals surface area contributed by atoms with E-state index in [2.05, 4.69) is 20.3 Å². The molecule has 5 rings (SSSR count). The zero-order chi connectivity index (χ0) is 21.0. The second kappa shape index (κ2) is 9.40. The lowest BCUT2D eigenvalue weighted by atomic mass is 9.83. The number of nitrogens with zero attached hydrogens (tertiary/aromatic N) is 3. The molecule has 0 radical (unpaired) electrons. The van der Waals surface area contributed by atoms with Gasteiger partial charge in [-0.3, -0.25) is 4.79 Å². The first-order valence-electron chi connectivity index (χ1n) is 11.7. The highest BCUT2D eigenvalue weighted by Gasteiger charge is 2.34. The van der Waals surface area contributed by atoms with E-state index >= 15 is 0 Å². The molecule has 4 heterocycles. The molecule has 1 amide bonds. The highest BCUT2D eigenvalue weighted by Crippen LogP contribution is 2.33. The normalized spacial score (nSPS) is 24.6. The zero-order valence-corrected chi connectivity index (χ0v) is 18.1. The number of hydrogen-bond acceptors (Lipinski definition) is 6. The number of ether oxygens (including phenoxy) is 1. The minimum absolute atomic E-state index is 0.0884. The van der Waals surface area contributed by atoms with Gasteiger partial charge in [0, 0.05) is 31.2 Å². The summed E-state index contributed by atoms with van der Waals surface area (Å²) in [6, 6.07) is 10.4. The van der Waals surface area contributed by atoms with Crippen molar-refractivity contribution in [2.45, 2.75) is 38.1 Å². The van der Waals surface area contributed by atoms with Crippen LogP contribution in [0.2, 0.25) is 0 Å². The van der Waals surface area contributed by atoms with Gasteiger partial charge in [-0.05, 0) is 44.7 Å². The Morgan fingerprint density at radius 1 is 1.03 bits per heavy atom. The molecule has 3 aliphatic heterocycles. The minimum Gasteiger partial charge on any atom is -0.378 e. The van der Waals surface area contributed by atoms with Crippen molar-refractivity contribution >= 4 is 11.7 Å². The third-order valence-electron chi connectivity index (χ3n) is 7.00. The molecule has 1 aromatic heterocycles. The molecule has 31 heavy (non-hydrogen) atoms. The predicted octanol–water partition coefficient (Wildman–Crippen LogP) is 3.17. The van der Waals surface area contributed by atoms with Crippen molar-refractivity contribution in [3.63, 3.8) is 0 Å². The van der Waals surface area contributed by atoms with Gasteiger partial charge in [-0.25, -0.2) is 0 Å². The fourth-order valence-corrected chi connectivity index (χ4v) is 5.39. The molecular weight excluding hydrogens is 392 g/mol. The molecule has 0 unspecified atom stereocenters. The molecule has 2 aromatic rings. The van der Waals surface area contributed by atoms with Crippen LogP contribution in [0.3, 0.4) is 0 Å². The Balaban J connectivity index is 1.37. The SMILES string of the molecule is O=C(NC[C@@H]1CCCN2CCCC[C@H]12)c1c(N2CCOCC2)noc1-c1ccccc1. The van der Waals surface area contributed by atoms with Crippen LogP contribution in [0, 0.1) is 5.92 Å². The topological polar surface area (TPSA) is 70.8 Å². The summed E-state index contributed by atoms with van der Waals surface area (Å²) in [6.07, 6.45) is 6.27. The number of nitrogens with one attached hydrogen (secondary N) is 1. The van der Waals surface area contributed by atoms with Gasteiger partial charge < -0.3 is 24.4 Å². The number of carbonyl (C=O) groups is 1. The van der Waals surface area contributed by atoms with Crippen molar-refractivity contribution in [1.82, 2.24) is 15.4 Å². The maximum Gasteiger partial charge on any atom is 0.259 e. The number of morpholine rings is 1. The fourth-order valence-electron chi connectivity index (χ4n) is 5.39. The highest BCUT2D eigenvalue weighted by molar-refractivity contribution is 6.04. The van der Waals surface area contributed by atoms with Crippen LogP contribution in [0.1, 0.15) is 42.5 Å². The Hall–Kier alpha value is -2.38. The number of hydrogen-bond donors (Lipinski definition) is 1. The van der Waals surface area contributed by atoms with Gasteiger partial charge in [0.15, 0.2) is 11.6 Å². The highest BCUT2D eigenvalue weighted by atomic mass is 16.5. The Kier molecular flexibility index (Phi) is 6.22.